The van der Waals surface area contributed by atoms with Crippen LogP contribution in [0.4, 0.5) is 11.4 Å². The molecule has 0 spiro atoms. The number of fused-ring (bicyclic) bond motifs is 2. The highest BCUT2D eigenvalue weighted by Gasteiger charge is 2.63. The molecule has 14 heteroatoms. The van der Waals surface area contributed by atoms with Gasteiger partial charge in [0.05, 0.1) is 39.4 Å². The summed E-state index contributed by atoms with van der Waals surface area (Å²) in [6, 6.07) is 18.0. The summed E-state index contributed by atoms with van der Waals surface area (Å²) >= 11 is 1.74. The van der Waals surface area contributed by atoms with Crippen LogP contribution in [0.25, 0.3) is 0 Å². The van der Waals surface area contributed by atoms with Gasteiger partial charge in [-0.15, -0.1) is 6.58 Å². The minimum atomic E-state index is -1.11. The Morgan fingerprint density at radius 2 is 1.70 bits per heavy atom. The molecule has 1 fully saturated rings. The van der Waals surface area contributed by atoms with Gasteiger partial charge in [0.25, 0.3) is 11.4 Å². The summed E-state index contributed by atoms with van der Waals surface area (Å²) in [5.41, 5.74) is 3.34. The average Bonchev–Trinajstić information content (AvgIpc) is 3.19. The number of ether oxygens (including phenoxy) is 3. The summed E-state index contributed by atoms with van der Waals surface area (Å²) in [5.74, 6) is 0.857. The molecule has 1 heterocycles. The number of aliphatic hydroxyl groups excluding tert-OH is 2. The predicted octanol–water partition coefficient (Wildman–Crippen LogP) is 8.88. The van der Waals surface area contributed by atoms with Gasteiger partial charge in [-0.05, 0) is 90.8 Å². The van der Waals surface area contributed by atoms with Gasteiger partial charge in [0.1, 0.15) is 23.9 Å². The molecule has 0 radical (unpaired) electrons. The van der Waals surface area contributed by atoms with Gasteiger partial charge >= 0.3 is 0 Å². The molecule has 3 aromatic rings. The summed E-state index contributed by atoms with van der Waals surface area (Å²) in [6.07, 6.45) is 9.11. The van der Waals surface area contributed by atoms with Gasteiger partial charge in [-0.2, -0.15) is 11.8 Å². The number of unbranched alkanes of at least 4 members (excludes halogenated alkanes) is 2. The number of hydrogen-bond donors (Lipinski definition) is 2. The first-order valence-corrected chi connectivity index (χ1v) is 20.3. The van der Waals surface area contributed by atoms with E-state index in [-0.39, 0.29) is 66.7 Å². The molecule has 3 aromatic carbocycles. The Labute approximate surface area is 330 Å². The Hall–Kier alpha value is -4.76. The van der Waals surface area contributed by atoms with Gasteiger partial charge in [-0.25, -0.2) is 0 Å². The van der Waals surface area contributed by atoms with E-state index in [0.29, 0.717) is 36.5 Å². The number of non-ortho nitro benzene ring substituents is 2. The van der Waals surface area contributed by atoms with Gasteiger partial charge in [0.2, 0.25) is 5.79 Å². The molecule has 2 aliphatic carbocycles. The molecular weight excluding hydrogens is 739 g/mol. The second kappa shape index (κ2) is 18.9. The van der Waals surface area contributed by atoms with Crippen molar-refractivity contribution in [3.8, 4) is 17.2 Å². The van der Waals surface area contributed by atoms with Crippen LogP contribution >= 0.6 is 11.8 Å². The monoisotopic (exact) mass is 787 g/mol. The molecule has 0 amide bonds. The number of rotatable bonds is 20. The van der Waals surface area contributed by atoms with Crippen LogP contribution in [0.5, 0.6) is 17.2 Å². The van der Waals surface area contributed by atoms with E-state index in [1.54, 1.807) is 42.1 Å². The molecule has 13 nitrogen and oxygen atoms in total. The van der Waals surface area contributed by atoms with Crippen LogP contribution < -0.4 is 9.47 Å². The Bertz CT molecular complexity index is 1920. The van der Waals surface area contributed by atoms with Crippen molar-refractivity contribution in [3.05, 3.63) is 122 Å². The third kappa shape index (κ3) is 8.94. The molecule has 0 bridgehead atoms. The molecule has 0 unspecified atom stereocenters. The topological polar surface area (TPSA) is 176 Å². The van der Waals surface area contributed by atoms with E-state index in [2.05, 4.69) is 19.6 Å². The molecule has 6 rings (SSSR count). The van der Waals surface area contributed by atoms with Crippen molar-refractivity contribution in [1.82, 2.24) is 0 Å². The summed E-state index contributed by atoms with van der Waals surface area (Å²) in [7, 11) is 0. The predicted molar refractivity (Wildman–Crippen MR) is 214 cm³/mol. The first kappa shape index (κ1) is 40.9. The van der Waals surface area contributed by atoms with E-state index in [4.69, 9.17) is 24.2 Å². The number of allylic oxidation sites excluding steroid dienone is 1. The zero-order valence-corrected chi connectivity index (χ0v) is 32.3. The minimum Gasteiger partial charge on any atom is -0.460 e. The number of nitrogens with zero attached hydrogens (tertiary/aromatic N) is 3. The Morgan fingerprint density at radius 3 is 2.39 bits per heavy atom. The lowest BCUT2D eigenvalue weighted by Crippen LogP contribution is -2.64. The van der Waals surface area contributed by atoms with Crippen molar-refractivity contribution >= 4 is 28.8 Å². The molecule has 0 aromatic heterocycles. The lowest BCUT2D eigenvalue weighted by atomic mass is 9.56. The zero-order chi connectivity index (χ0) is 39.7. The van der Waals surface area contributed by atoms with Crippen LogP contribution in [0.3, 0.4) is 0 Å². The highest BCUT2D eigenvalue weighted by molar-refractivity contribution is 8.00. The van der Waals surface area contributed by atoms with Crippen LogP contribution in [-0.2, 0) is 16.2 Å². The summed E-state index contributed by atoms with van der Waals surface area (Å²) in [5, 5.41) is 46.9. The van der Waals surface area contributed by atoms with Crippen LogP contribution in [0, 0.1) is 38.0 Å². The standard InChI is InChI=1S/C42H49N3O10S/c1-3-22-52-42-39(56-4-2)26-37(43-53-27-28-14-16-30(17-15-28)44(48)49)35-23-29(10-5-7-20-46)34(13-6-8-21-47)40(41(35)42)36-25-33(18-19-38(36)55-42)54-32-12-9-11-31(24-32)45(50)51/h3,9,11-12,14-19,23-25,29,34,39-41,46-47H,1,4-8,10,13,20-22,26-27H2,2H3/t29-,34+,39-,40+,41+,42+/m0/s1. The van der Waals surface area contributed by atoms with Gasteiger partial charge in [-0.1, -0.05) is 43.1 Å². The lowest BCUT2D eigenvalue weighted by molar-refractivity contribution is -0.385. The van der Waals surface area contributed by atoms with Crippen molar-refractivity contribution in [1.29, 1.82) is 0 Å². The van der Waals surface area contributed by atoms with Crippen molar-refractivity contribution in [2.24, 2.45) is 22.9 Å². The quantitative estimate of drug-likeness (QED) is 0.0484. The highest BCUT2D eigenvalue weighted by Crippen LogP contribution is 2.62. The number of aliphatic hydroxyl groups is 2. The van der Waals surface area contributed by atoms with E-state index in [0.717, 1.165) is 53.8 Å². The number of hydrogen-bond acceptors (Lipinski definition) is 12. The second-order valence-electron chi connectivity index (χ2n) is 14.3. The second-order valence-corrected chi connectivity index (χ2v) is 15.7. The summed E-state index contributed by atoms with van der Waals surface area (Å²) in [4.78, 5) is 27.9. The number of nitro groups is 2. The third-order valence-electron chi connectivity index (χ3n) is 10.8. The van der Waals surface area contributed by atoms with Gasteiger partial charge < -0.3 is 29.3 Å². The first-order chi connectivity index (χ1) is 27.2. The summed E-state index contributed by atoms with van der Waals surface area (Å²) < 4.78 is 20.3. The molecule has 1 aliphatic heterocycles. The van der Waals surface area contributed by atoms with E-state index in [9.17, 15) is 30.4 Å². The first-order valence-electron chi connectivity index (χ1n) is 19.2. The number of benzene rings is 3. The van der Waals surface area contributed by atoms with E-state index in [1.165, 1.54) is 24.3 Å². The van der Waals surface area contributed by atoms with E-state index < -0.39 is 15.6 Å². The molecule has 6 atom stereocenters. The van der Waals surface area contributed by atoms with Gasteiger partial charge in [0.15, 0.2) is 0 Å². The van der Waals surface area contributed by atoms with Crippen LogP contribution in [0.2, 0.25) is 0 Å². The van der Waals surface area contributed by atoms with Crippen LogP contribution in [0.1, 0.15) is 68.9 Å². The molecule has 3 aliphatic rings. The average molecular weight is 788 g/mol. The molecular formula is C42H49N3O10S. The zero-order valence-electron chi connectivity index (χ0n) is 31.5. The maximum Gasteiger partial charge on any atom is 0.273 e. The van der Waals surface area contributed by atoms with Crippen molar-refractivity contribution < 1.29 is 39.1 Å². The van der Waals surface area contributed by atoms with Crippen LogP contribution in [0.15, 0.2) is 96.2 Å². The normalized spacial score (nSPS) is 24.3. The van der Waals surface area contributed by atoms with E-state index in [1.807, 2.05) is 18.2 Å². The van der Waals surface area contributed by atoms with Crippen molar-refractivity contribution in [2.75, 3.05) is 25.6 Å². The Morgan fingerprint density at radius 1 is 0.964 bits per heavy atom. The van der Waals surface area contributed by atoms with Crippen LogP contribution in [-0.4, -0.2) is 62.4 Å². The summed E-state index contributed by atoms with van der Waals surface area (Å²) in [6.45, 7) is 6.61. The number of nitro benzene ring substituents is 2. The maximum absolute atomic E-state index is 11.5. The van der Waals surface area contributed by atoms with E-state index >= 15 is 0 Å². The number of thioether (sulfide) groups is 1. The Balaban J connectivity index is 1.48. The lowest BCUT2D eigenvalue weighted by Gasteiger charge is -2.58. The molecule has 2 N–H and O–H groups in total. The fourth-order valence-electron chi connectivity index (χ4n) is 8.44. The highest BCUT2D eigenvalue weighted by atomic mass is 32.2. The fourth-order valence-corrected chi connectivity index (χ4v) is 9.61. The molecule has 56 heavy (non-hydrogen) atoms. The smallest absolute Gasteiger partial charge is 0.273 e. The van der Waals surface area contributed by atoms with Crippen molar-refractivity contribution in [3.63, 3.8) is 0 Å². The van der Waals surface area contributed by atoms with Gasteiger partial charge in [-0.3, -0.25) is 20.2 Å². The van der Waals surface area contributed by atoms with Crippen molar-refractivity contribution in [2.45, 2.75) is 75.4 Å². The fraction of sp³-hybridized carbons (Fsp3) is 0.452. The van der Waals surface area contributed by atoms with Gasteiger partial charge in [0, 0.05) is 49.3 Å². The number of oxime groups is 1. The Kier molecular flexibility index (Phi) is 13.8. The third-order valence-corrected chi connectivity index (χ3v) is 12.0. The maximum atomic E-state index is 11.5. The SMILES string of the molecule is C=CCO[C@@]12Oc3ccc(Oc4cccc([N+](=O)[O-])c4)cc3[C@H]3[C@H](CCCCO)[C@@H](CCCCO)C=C(C(=NOCc4ccc([N+](=O)[O-])cc4)C[C@@H]1SCC)[C@H]32. The molecule has 0 saturated heterocycles. The minimum absolute atomic E-state index is 0.00181. The largest absolute Gasteiger partial charge is 0.460 e. The molecule has 1 saturated carbocycles. The molecule has 298 valence electrons.